The predicted molar refractivity (Wildman–Crippen MR) is 120 cm³/mol. The van der Waals surface area contributed by atoms with Crippen LogP contribution in [-0.2, 0) is 11.3 Å². The molecule has 0 fully saturated rings. The fourth-order valence-corrected chi connectivity index (χ4v) is 3.20. The van der Waals surface area contributed by atoms with Gasteiger partial charge in [-0.25, -0.2) is 0 Å². The van der Waals surface area contributed by atoms with Crippen molar-refractivity contribution in [3.05, 3.63) is 71.8 Å². The molecule has 1 amide bonds. The lowest BCUT2D eigenvalue weighted by molar-refractivity contribution is -0.125. The van der Waals surface area contributed by atoms with E-state index in [1.54, 1.807) is 32.2 Å². The molecule has 5 nitrogen and oxygen atoms in total. The highest BCUT2D eigenvalue weighted by molar-refractivity contribution is 5.93. The minimum Gasteiger partial charge on any atom is -0.497 e. The number of hydrogen-bond donors (Lipinski definition) is 0. The van der Waals surface area contributed by atoms with Crippen LogP contribution < -0.4 is 14.2 Å². The van der Waals surface area contributed by atoms with Crippen LogP contribution in [0, 0.1) is 0 Å². The zero-order valence-electron chi connectivity index (χ0n) is 17.8. The summed E-state index contributed by atoms with van der Waals surface area (Å²) in [6.07, 6.45) is 3.43. The summed E-state index contributed by atoms with van der Waals surface area (Å²) in [6, 6.07) is 17.7. The molecule has 3 rings (SSSR count). The maximum Gasteiger partial charge on any atom is 0.246 e. The van der Waals surface area contributed by atoms with E-state index in [-0.39, 0.29) is 5.91 Å². The van der Waals surface area contributed by atoms with Gasteiger partial charge >= 0.3 is 0 Å². The summed E-state index contributed by atoms with van der Waals surface area (Å²) in [5.74, 6) is 2.12. The topological polar surface area (TPSA) is 48.0 Å². The van der Waals surface area contributed by atoms with Crippen molar-refractivity contribution in [3.8, 4) is 17.2 Å². The molecular formula is C25H27NO4. The Hall–Kier alpha value is -3.47. The highest BCUT2D eigenvalue weighted by Crippen LogP contribution is 2.28. The summed E-state index contributed by atoms with van der Waals surface area (Å²) in [5.41, 5.74) is 1.94. The van der Waals surface area contributed by atoms with Crippen LogP contribution in [0.15, 0.2) is 60.7 Å². The molecular weight excluding hydrogens is 378 g/mol. The molecule has 0 atom stereocenters. The van der Waals surface area contributed by atoms with Crippen molar-refractivity contribution in [1.82, 2.24) is 4.90 Å². The Morgan fingerprint density at radius 1 is 0.933 bits per heavy atom. The molecule has 0 aliphatic carbocycles. The Morgan fingerprint density at radius 3 is 2.43 bits per heavy atom. The maximum atomic E-state index is 12.6. The van der Waals surface area contributed by atoms with Crippen LogP contribution in [0.25, 0.3) is 16.8 Å². The average Bonchev–Trinajstić information content (AvgIpc) is 2.77. The first-order valence-corrected chi connectivity index (χ1v) is 9.84. The number of nitrogens with zero attached hydrogens (tertiary/aromatic N) is 1. The molecule has 0 bridgehead atoms. The molecule has 0 aliphatic rings. The third kappa shape index (κ3) is 5.11. The maximum absolute atomic E-state index is 12.6. The van der Waals surface area contributed by atoms with E-state index in [0.29, 0.717) is 24.7 Å². The first kappa shape index (κ1) is 21.2. The van der Waals surface area contributed by atoms with E-state index in [4.69, 9.17) is 14.2 Å². The number of methoxy groups -OCH3 is 2. The van der Waals surface area contributed by atoms with Crippen LogP contribution in [0.3, 0.4) is 0 Å². The van der Waals surface area contributed by atoms with Crippen molar-refractivity contribution in [2.24, 2.45) is 0 Å². The molecule has 0 saturated carbocycles. The molecule has 3 aromatic rings. The summed E-state index contributed by atoms with van der Waals surface area (Å²) >= 11 is 0. The molecule has 3 aromatic carbocycles. The first-order chi connectivity index (χ1) is 14.5. The van der Waals surface area contributed by atoms with Crippen LogP contribution >= 0.6 is 0 Å². The fraction of sp³-hybridized carbons (Fsp3) is 0.240. The van der Waals surface area contributed by atoms with Gasteiger partial charge in [0.15, 0.2) is 11.5 Å². The number of carbonyl (C=O) groups excluding carboxylic acids is 1. The van der Waals surface area contributed by atoms with Crippen LogP contribution in [0.5, 0.6) is 17.2 Å². The van der Waals surface area contributed by atoms with E-state index < -0.39 is 0 Å². The van der Waals surface area contributed by atoms with Gasteiger partial charge in [0.2, 0.25) is 5.91 Å². The molecule has 0 aliphatic heterocycles. The average molecular weight is 405 g/mol. The summed E-state index contributed by atoms with van der Waals surface area (Å²) in [6.45, 7) is 2.98. The van der Waals surface area contributed by atoms with Crippen LogP contribution in [0.2, 0.25) is 0 Å². The van der Waals surface area contributed by atoms with E-state index in [1.165, 1.54) is 0 Å². The van der Waals surface area contributed by atoms with Crippen molar-refractivity contribution in [1.29, 1.82) is 0 Å². The smallest absolute Gasteiger partial charge is 0.246 e. The molecule has 156 valence electrons. The number of ether oxygens (including phenoxy) is 3. The second kappa shape index (κ2) is 9.83. The SMILES string of the molecule is CCOc1ccc(CN(C)C(=O)C=Cc2ccc3cc(OC)ccc3c2)cc1OC. The van der Waals surface area contributed by atoms with Gasteiger partial charge in [-0.15, -0.1) is 0 Å². The van der Waals surface area contributed by atoms with Gasteiger partial charge in [0.05, 0.1) is 20.8 Å². The van der Waals surface area contributed by atoms with Gasteiger partial charge < -0.3 is 19.1 Å². The van der Waals surface area contributed by atoms with E-state index in [9.17, 15) is 4.79 Å². The summed E-state index contributed by atoms with van der Waals surface area (Å²) in [5, 5.41) is 2.19. The molecule has 0 aromatic heterocycles. The van der Waals surface area contributed by atoms with Gasteiger partial charge in [-0.2, -0.15) is 0 Å². The normalized spacial score (nSPS) is 10.9. The predicted octanol–water partition coefficient (Wildman–Crippen LogP) is 4.93. The summed E-state index contributed by atoms with van der Waals surface area (Å²) < 4.78 is 16.2. The van der Waals surface area contributed by atoms with Crippen molar-refractivity contribution in [3.63, 3.8) is 0 Å². The third-order valence-corrected chi connectivity index (χ3v) is 4.81. The summed E-state index contributed by atoms with van der Waals surface area (Å²) in [4.78, 5) is 14.2. The lowest BCUT2D eigenvalue weighted by atomic mass is 10.1. The Bertz CT molecular complexity index is 1060. The Labute approximate surface area is 177 Å². The van der Waals surface area contributed by atoms with E-state index >= 15 is 0 Å². The van der Waals surface area contributed by atoms with Crippen molar-refractivity contribution < 1.29 is 19.0 Å². The molecule has 30 heavy (non-hydrogen) atoms. The van der Waals surface area contributed by atoms with Crippen molar-refractivity contribution in [2.45, 2.75) is 13.5 Å². The van der Waals surface area contributed by atoms with Gasteiger partial charge in [-0.05, 0) is 65.2 Å². The molecule has 0 spiro atoms. The zero-order chi connectivity index (χ0) is 21.5. The van der Waals surface area contributed by atoms with Gasteiger partial charge in [-0.3, -0.25) is 4.79 Å². The first-order valence-electron chi connectivity index (χ1n) is 9.84. The number of likely N-dealkylation sites (N-methyl/N-ethyl adjacent to an activating group) is 1. The van der Waals surface area contributed by atoms with Crippen LogP contribution in [-0.4, -0.2) is 38.7 Å². The number of carbonyl (C=O) groups is 1. The van der Waals surface area contributed by atoms with E-state index in [1.807, 2.05) is 61.5 Å². The van der Waals surface area contributed by atoms with E-state index in [2.05, 4.69) is 6.07 Å². The number of rotatable bonds is 8. The molecule has 0 N–H and O–H groups in total. The molecule has 0 heterocycles. The highest BCUT2D eigenvalue weighted by Gasteiger charge is 2.10. The quantitative estimate of drug-likeness (QED) is 0.499. The Morgan fingerprint density at radius 2 is 1.70 bits per heavy atom. The van der Waals surface area contributed by atoms with Gasteiger partial charge in [0.25, 0.3) is 0 Å². The van der Waals surface area contributed by atoms with Crippen LogP contribution in [0.4, 0.5) is 0 Å². The third-order valence-electron chi connectivity index (χ3n) is 4.81. The Balaban J connectivity index is 1.67. The lowest BCUT2D eigenvalue weighted by Crippen LogP contribution is -2.24. The second-order valence-corrected chi connectivity index (χ2v) is 6.92. The zero-order valence-corrected chi connectivity index (χ0v) is 17.8. The standard InChI is InChI=1S/C25H27NO4/c1-5-30-23-12-7-19(15-24(23)29-4)17-26(2)25(27)13-8-18-6-9-21-16-22(28-3)11-10-20(21)14-18/h6-16H,5,17H2,1-4H3. The fourth-order valence-electron chi connectivity index (χ4n) is 3.20. The second-order valence-electron chi connectivity index (χ2n) is 6.92. The van der Waals surface area contributed by atoms with Crippen molar-refractivity contribution in [2.75, 3.05) is 27.9 Å². The lowest BCUT2D eigenvalue weighted by Gasteiger charge is -2.17. The number of hydrogen-bond acceptors (Lipinski definition) is 4. The number of fused-ring (bicyclic) bond motifs is 1. The Kier molecular flexibility index (Phi) is 6.96. The monoisotopic (exact) mass is 405 g/mol. The van der Waals surface area contributed by atoms with Crippen molar-refractivity contribution >= 4 is 22.8 Å². The minimum atomic E-state index is -0.0716. The number of amides is 1. The van der Waals surface area contributed by atoms with Gasteiger partial charge in [0, 0.05) is 19.7 Å². The highest BCUT2D eigenvalue weighted by atomic mass is 16.5. The minimum absolute atomic E-state index is 0.0716. The van der Waals surface area contributed by atoms with E-state index in [0.717, 1.165) is 27.6 Å². The largest absolute Gasteiger partial charge is 0.497 e. The van der Waals surface area contributed by atoms with Crippen LogP contribution in [0.1, 0.15) is 18.1 Å². The molecule has 5 heteroatoms. The molecule has 0 radical (unpaired) electrons. The molecule has 0 saturated heterocycles. The molecule has 0 unspecified atom stereocenters. The number of benzene rings is 3. The van der Waals surface area contributed by atoms with Gasteiger partial charge in [0.1, 0.15) is 5.75 Å². The van der Waals surface area contributed by atoms with Gasteiger partial charge in [-0.1, -0.05) is 24.3 Å². The summed E-state index contributed by atoms with van der Waals surface area (Å²) in [7, 11) is 5.05.